The number of nitrogens with zero attached hydrogens (tertiary/aromatic N) is 3. The average molecular weight is 352 g/mol. The van der Waals surface area contributed by atoms with Gasteiger partial charge in [-0.05, 0) is 51.0 Å². The lowest BCUT2D eigenvalue weighted by Crippen LogP contribution is -2.06. The van der Waals surface area contributed by atoms with E-state index in [4.69, 9.17) is 22.0 Å². The number of aromatic nitrogens is 2. The second-order valence-electron chi connectivity index (χ2n) is 6.01. The molecule has 0 aliphatic rings. The number of hydrogen-bond donors (Lipinski definition) is 0. The minimum absolute atomic E-state index is 0.460. The highest BCUT2D eigenvalue weighted by molar-refractivity contribution is 6.32. The highest BCUT2D eigenvalue weighted by atomic mass is 35.5. The highest BCUT2D eigenvalue weighted by Crippen LogP contribution is 2.31. The summed E-state index contributed by atoms with van der Waals surface area (Å²) in [5.74, 6) is 0. The molecular formula is C21H22ClN3. The van der Waals surface area contributed by atoms with E-state index in [-0.39, 0.29) is 0 Å². The van der Waals surface area contributed by atoms with E-state index in [0.29, 0.717) is 17.1 Å². The van der Waals surface area contributed by atoms with Gasteiger partial charge in [-0.1, -0.05) is 48.0 Å². The van der Waals surface area contributed by atoms with Gasteiger partial charge in [-0.3, -0.25) is 4.68 Å². The van der Waals surface area contributed by atoms with Crippen molar-refractivity contribution in [2.45, 2.75) is 34.2 Å². The van der Waals surface area contributed by atoms with Crippen LogP contribution in [0.5, 0.6) is 0 Å². The Balaban J connectivity index is 2.46. The molecule has 0 saturated heterocycles. The third kappa shape index (κ3) is 4.10. The van der Waals surface area contributed by atoms with Gasteiger partial charge in [-0.25, -0.2) is 0 Å². The maximum Gasteiger partial charge on any atom is 0.101 e. The zero-order valence-electron chi connectivity index (χ0n) is 15.1. The van der Waals surface area contributed by atoms with Gasteiger partial charge in [0.05, 0.1) is 22.8 Å². The second-order valence-corrected chi connectivity index (χ2v) is 6.42. The van der Waals surface area contributed by atoms with E-state index in [0.717, 1.165) is 33.7 Å². The van der Waals surface area contributed by atoms with Crippen molar-refractivity contribution in [3.8, 4) is 17.2 Å². The molecule has 0 fully saturated rings. The van der Waals surface area contributed by atoms with E-state index in [1.165, 1.54) is 0 Å². The van der Waals surface area contributed by atoms with Crippen molar-refractivity contribution in [3.05, 3.63) is 76.1 Å². The molecule has 1 aromatic carbocycles. The Morgan fingerprint density at radius 3 is 2.68 bits per heavy atom. The number of rotatable bonds is 5. The van der Waals surface area contributed by atoms with E-state index in [1.807, 2.05) is 56.7 Å². The van der Waals surface area contributed by atoms with Gasteiger partial charge in [-0.2, -0.15) is 10.4 Å². The quantitative estimate of drug-likeness (QED) is 0.641. The van der Waals surface area contributed by atoms with Crippen LogP contribution in [0, 0.1) is 25.2 Å². The molecule has 2 aromatic rings. The molecular weight excluding hydrogens is 330 g/mol. The second kappa shape index (κ2) is 8.00. The van der Waals surface area contributed by atoms with E-state index in [2.05, 4.69) is 18.7 Å². The Labute approximate surface area is 154 Å². The summed E-state index contributed by atoms with van der Waals surface area (Å²) in [7, 11) is 0. The molecule has 1 heterocycles. The summed E-state index contributed by atoms with van der Waals surface area (Å²) in [4.78, 5) is 0. The number of hydrogen-bond acceptors (Lipinski definition) is 2. The third-order valence-corrected chi connectivity index (χ3v) is 4.43. The fourth-order valence-corrected chi connectivity index (χ4v) is 2.96. The van der Waals surface area contributed by atoms with Crippen LogP contribution in [-0.2, 0) is 6.54 Å². The van der Waals surface area contributed by atoms with Gasteiger partial charge in [0.2, 0.25) is 0 Å². The molecule has 0 unspecified atom stereocenters. The molecule has 128 valence electrons. The monoisotopic (exact) mass is 351 g/mol. The molecule has 3 nitrogen and oxygen atoms in total. The van der Waals surface area contributed by atoms with Crippen LogP contribution >= 0.6 is 11.6 Å². The standard InChI is InChI=1S/C21H22ClN3/c1-6-7-8-19(14(2)3)13-25-16(5)21(15(4)24-25)17-9-10-18(12-23)20(22)11-17/h6-11H,2,13H2,1,3-5H3/b7-6-,19-8-. The third-order valence-electron chi connectivity index (χ3n) is 4.12. The Hall–Kier alpha value is -2.57. The molecule has 0 aliphatic carbocycles. The van der Waals surface area contributed by atoms with Crippen LogP contribution in [0.3, 0.4) is 0 Å². The first kappa shape index (κ1) is 18.8. The van der Waals surface area contributed by atoms with Crippen LogP contribution in [0.4, 0.5) is 0 Å². The zero-order valence-corrected chi connectivity index (χ0v) is 15.9. The summed E-state index contributed by atoms with van der Waals surface area (Å²) in [6.07, 6.45) is 6.07. The lowest BCUT2D eigenvalue weighted by molar-refractivity contribution is 0.654. The Kier molecular flexibility index (Phi) is 6.01. The first-order valence-corrected chi connectivity index (χ1v) is 8.48. The first-order chi connectivity index (χ1) is 11.9. The number of nitriles is 1. The summed E-state index contributed by atoms with van der Waals surface area (Å²) in [6.45, 7) is 12.8. The van der Waals surface area contributed by atoms with Crippen molar-refractivity contribution in [1.82, 2.24) is 9.78 Å². The van der Waals surface area contributed by atoms with Crippen molar-refractivity contribution in [2.75, 3.05) is 0 Å². The summed E-state index contributed by atoms with van der Waals surface area (Å²) in [5.41, 5.74) is 6.66. The lowest BCUT2D eigenvalue weighted by atomic mass is 10.0. The van der Waals surface area contributed by atoms with Crippen LogP contribution in [0.15, 0.2) is 54.2 Å². The fourth-order valence-electron chi connectivity index (χ4n) is 2.73. The molecule has 4 heteroatoms. The maximum absolute atomic E-state index is 9.04. The fraction of sp³-hybridized carbons (Fsp3) is 0.238. The molecule has 0 atom stereocenters. The summed E-state index contributed by atoms with van der Waals surface area (Å²) in [5, 5.41) is 14.2. The normalized spacial score (nSPS) is 11.8. The molecule has 0 spiro atoms. The minimum atomic E-state index is 0.460. The Bertz CT molecular complexity index is 908. The predicted molar refractivity (Wildman–Crippen MR) is 105 cm³/mol. The molecule has 0 aliphatic heterocycles. The molecule has 2 rings (SSSR count). The number of allylic oxidation sites excluding steroid dienone is 5. The van der Waals surface area contributed by atoms with Gasteiger partial charge in [-0.15, -0.1) is 0 Å². The minimum Gasteiger partial charge on any atom is -0.265 e. The van der Waals surface area contributed by atoms with Crippen molar-refractivity contribution in [2.24, 2.45) is 0 Å². The molecule has 0 N–H and O–H groups in total. The topological polar surface area (TPSA) is 41.6 Å². The van der Waals surface area contributed by atoms with Gasteiger partial charge in [0, 0.05) is 11.3 Å². The van der Waals surface area contributed by atoms with E-state index < -0.39 is 0 Å². The van der Waals surface area contributed by atoms with Gasteiger partial charge < -0.3 is 0 Å². The molecule has 0 bridgehead atoms. The van der Waals surface area contributed by atoms with Crippen molar-refractivity contribution in [1.29, 1.82) is 5.26 Å². The first-order valence-electron chi connectivity index (χ1n) is 8.10. The highest BCUT2D eigenvalue weighted by Gasteiger charge is 2.15. The SMILES string of the molecule is C=C(C)/C(=C\C=C/C)Cn1nc(C)c(-c2ccc(C#N)c(Cl)c2)c1C. The summed E-state index contributed by atoms with van der Waals surface area (Å²) >= 11 is 6.20. The van der Waals surface area contributed by atoms with Gasteiger partial charge >= 0.3 is 0 Å². The van der Waals surface area contributed by atoms with Gasteiger partial charge in [0.15, 0.2) is 0 Å². The molecule has 0 saturated carbocycles. The van der Waals surface area contributed by atoms with Gasteiger partial charge in [0.25, 0.3) is 0 Å². The van der Waals surface area contributed by atoms with E-state index in [9.17, 15) is 0 Å². The molecule has 25 heavy (non-hydrogen) atoms. The zero-order chi connectivity index (χ0) is 18.6. The maximum atomic E-state index is 9.04. The van der Waals surface area contributed by atoms with Crippen LogP contribution in [0.1, 0.15) is 30.8 Å². The number of benzene rings is 1. The molecule has 1 aromatic heterocycles. The van der Waals surface area contributed by atoms with Crippen LogP contribution < -0.4 is 0 Å². The summed E-state index contributed by atoms with van der Waals surface area (Å²) < 4.78 is 1.99. The Morgan fingerprint density at radius 2 is 2.12 bits per heavy atom. The Morgan fingerprint density at radius 1 is 1.40 bits per heavy atom. The van der Waals surface area contributed by atoms with E-state index in [1.54, 1.807) is 6.07 Å². The van der Waals surface area contributed by atoms with Gasteiger partial charge in [0.1, 0.15) is 6.07 Å². The van der Waals surface area contributed by atoms with Crippen molar-refractivity contribution < 1.29 is 0 Å². The van der Waals surface area contributed by atoms with Crippen LogP contribution in [-0.4, -0.2) is 9.78 Å². The smallest absolute Gasteiger partial charge is 0.101 e. The molecule has 0 radical (unpaired) electrons. The number of halogens is 1. The van der Waals surface area contributed by atoms with Crippen LogP contribution in [0.25, 0.3) is 11.1 Å². The lowest BCUT2D eigenvalue weighted by Gasteiger charge is -2.10. The number of aryl methyl sites for hydroxylation is 1. The largest absolute Gasteiger partial charge is 0.265 e. The molecule has 0 amide bonds. The average Bonchev–Trinajstić information content (AvgIpc) is 2.84. The van der Waals surface area contributed by atoms with Crippen LogP contribution in [0.2, 0.25) is 5.02 Å². The van der Waals surface area contributed by atoms with Crippen molar-refractivity contribution in [3.63, 3.8) is 0 Å². The summed E-state index contributed by atoms with van der Waals surface area (Å²) in [6, 6.07) is 7.59. The predicted octanol–water partition coefficient (Wildman–Crippen LogP) is 5.77. The van der Waals surface area contributed by atoms with E-state index >= 15 is 0 Å². The van der Waals surface area contributed by atoms with Crippen molar-refractivity contribution >= 4 is 11.6 Å².